The Morgan fingerprint density at radius 3 is 2.55 bits per heavy atom. The molecule has 0 aliphatic heterocycles. The Morgan fingerprint density at radius 1 is 1.15 bits per heavy atom. The number of rotatable bonds is 4. The lowest BCUT2D eigenvalue weighted by atomic mass is 10.2. The maximum Gasteiger partial charge on any atom is 0.182 e. The zero-order valence-electron chi connectivity index (χ0n) is 11.5. The molecule has 106 valence electrons. The predicted octanol–water partition coefficient (Wildman–Crippen LogP) is 2.56. The van der Waals surface area contributed by atoms with Gasteiger partial charge in [-0.15, -0.1) is 0 Å². The van der Waals surface area contributed by atoms with Crippen molar-refractivity contribution in [3.8, 4) is 5.75 Å². The van der Waals surface area contributed by atoms with E-state index in [0.717, 1.165) is 5.56 Å². The van der Waals surface area contributed by atoms with Gasteiger partial charge in [0.05, 0.1) is 17.8 Å². The number of nitrogens with two attached hydrogens (primary N) is 1. The second kappa shape index (κ2) is 5.54. The second-order valence-corrected chi connectivity index (χ2v) is 6.68. The van der Waals surface area contributed by atoms with Gasteiger partial charge in [0.15, 0.2) is 9.84 Å². The first kappa shape index (κ1) is 14.4. The van der Waals surface area contributed by atoms with E-state index in [4.69, 9.17) is 10.5 Å². The van der Waals surface area contributed by atoms with Gasteiger partial charge in [0.25, 0.3) is 0 Å². The normalized spacial score (nSPS) is 11.3. The summed E-state index contributed by atoms with van der Waals surface area (Å²) in [5.74, 6) is 0.456. The highest BCUT2D eigenvalue weighted by atomic mass is 32.2. The third-order valence-corrected chi connectivity index (χ3v) is 4.62. The maximum absolute atomic E-state index is 12.4. The molecule has 0 fully saturated rings. The standard InChI is InChI=1S/C15H17NO3S/c1-11-4-3-5-15(6-11)20(17,18)10-12-7-13(16)9-14(8-12)19-2/h3-9H,10,16H2,1-2H3. The van der Waals surface area contributed by atoms with Crippen LogP contribution in [0.5, 0.6) is 5.75 Å². The van der Waals surface area contributed by atoms with E-state index in [-0.39, 0.29) is 5.75 Å². The molecule has 0 saturated heterocycles. The first-order chi connectivity index (χ1) is 9.40. The Balaban J connectivity index is 2.35. The third kappa shape index (κ3) is 3.30. The second-order valence-electron chi connectivity index (χ2n) is 4.69. The summed E-state index contributed by atoms with van der Waals surface area (Å²) in [6, 6.07) is 11.9. The van der Waals surface area contributed by atoms with E-state index in [0.29, 0.717) is 21.9 Å². The maximum atomic E-state index is 12.4. The van der Waals surface area contributed by atoms with Crippen molar-refractivity contribution in [2.75, 3.05) is 12.8 Å². The monoisotopic (exact) mass is 291 g/mol. The van der Waals surface area contributed by atoms with Crippen LogP contribution in [-0.2, 0) is 15.6 Å². The number of ether oxygens (including phenoxy) is 1. The summed E-state index contributed by atoms with van der Waals surface area (Å²) in [5, 5.41) is 0. The number of sulfone groups is 1. The van der Waals surface area contributed by atoms with Crippen molar-refractivity contribution in [2.45, 2.75) is 17.6 Å². The third-order valence-electron chi connectivity index (χ3n) is 2.93. The summed E-state index contributed by atoms with van der Waals surface area (Å²) in [6.07, 6.45) is 0. The minimum atomic E-state index is -3.39. The van der Waals surface area contributed by atoms with Crippen molar-refractivity contribution in [2.24, 2.45) is 0 Å². The molecule has 2 aromatic rings. The molecule has 4 nitrogen and oxygen atoms in total. The molecule has 0 aliphatic carbocycles. The first-order valence-corrected chi connectivity index (χ1v) is 7.79. The van der Waals surface area contributed by atoms with Crippen LogP contribution < -0.4 is 10.5 Å². The number of benzene rings is 2. The molecule has 0 saturated carbocycles. The molecule has 0 unspecified atom stereocenters. The topological polar surface area (TPSA) is 69.4 Å². The van der Waals surface area contributed by atoms with Gasteiger partial charge in [-0.25, -0.2) is 8.42 Å². The van der Waals surface area contributed by atoms with Crippen molar-refractivity contribution >= 4 is 15.5 Å². The molecule has 0 amide bonds. The van der Waals surface area contributed by atoms with Gasteiger partial charge in [-0.05, 0) is 42.3 Å². The summed E-state index contributed by atoms with van der Waals surface area (Å²) >= 11 is 0. The Kier molecular flexibility index (Phi) is 3.99. The van der Waals surface area contributed by atoms with Crippen molar-refractivity contribution in [1.82, 2.24) is 0 Å². The largest absolute Gasteiger partial charge is 0.497 e. The van der Waals surface area contributed by atoms with E-state index in [2.05, 4.69) is 0 Å². The van der Waals surface area contributed by atoms with Crippen molar-refractivity contribution in [1.29, 1.82) is 0 Å². The van der Waals surface area contributed by atoms with Gasteiger partial charge in [-0.2, -0.15) is 0 Å². The van der Waals surface area contributed by atoms with Crippen molar-refractivity contribution in [3.05, 3.63) is 53.6 Å². The van der Waals surface area contributed by atoms with Crippen LogP contribution in [0.3, 0.4) is 0 Å². The molecule has 2 aromatic carbocycles. The van der Waals surface area contributed by atoms with Gasteiger partial charge in [0.2, 0.25) is 0 Å². The Labute approximate surface area is 119 Å². The highest BCUT2D eigenvalue weighted by molar-refractivity contribution is 7.90. The van der Waals surface area contributed by atoms with Gasteiger partial charge in [-0.3, -0.25) is 0 Å². The lowest BCUT2D eigenvalue weighted by Crippen LogP contribution is -2.06. The van der Waals surface area contributed by atoms with Crippen LogP contribution in [0.4, 0.5) is 5.69 Å². The molecular weight excluding hydrogens is 274 g/mol. The quantitative estimate of drug-likeness (QED) is 0.879. The minimum absolute atomic E-state index is 0.0994. The zero-order chi connectivity index (χ0) is 14.8. The van der Waals surface area contributed by atoms with E-state index < -0.39 is 9.84 Å². The van der Waals surface area contributed by atoms with Gasteiger partial charge >= 0.3 is 0 Å². The van der Waals surface area contributed by atoms with Gasteiger partial charge < -0.3 is 10.5 Å². The average molecular weight is 291 g/mol. The molecule has 2 N–H and O–H groups in total. The fourth-order valence-electron chi connectivity index (χ4n) is 2.00. The van der Waals surface area contributed by atoms with Gasteiger partial charge in [0, 0.05) is 11.8 Å². The summed E-state index contributed by atoms with van der Waals surface area (Å²) in [7, 11) is -1.87. The number of methoxy groups -OCH3 is 1. The Bertz CT molecular complexity index is 724. The fourth-order valence-corrected chi connectivity index (χ4v) is 3.42. The lowest BCUT2D eigenvalue weighted by Gasteiger charge is -2.08. The van der Waals surface area contributed by atoms with Crippen LogP contribution in [0.2, 0.25) is 0 Å². The molecule has 0 aliphatic rings. The first-order valence-electron chi connectivity index (χ1n) is 6.13. The smallest absolute Gasteiger partial charge is 0.182 e. The summed E-state index contributed by atoms with van der Waals surface area (Å²) in [6.45, 7) is 1.86. The molecule has 0 aromatic heterocycles. The van der Waals surface area contributed by atoms with Gasteiger partial charge in [-0.1, -0.05) is 12.1 Å². The molecule has 0 spiro atoms. The molecule has 0 atom stereocenters. The molecule has 5 heteroatoms. The zero-order valence-corrected chi connectivity index (χ0v) is 12.3. The Hall–Kier alpha value is -2.01. The SMILES string of the molecule is COc1cc(N)cc(CS(=O)(=O)c2cccc(C)c2)c1. The van der Waals surface area contributed by atoms with Crippen LogP contribution in [0.25, 0.3) is 0 Å². The van der Waals surface area contributed by atoms with Crippen molar-refractivity contribution in [3.63, 3.8) is 0 Å². The number of anilines is 1. The number of hydrogen-bond acceptors (Lipinski definition) is 4. The highest BCUT2D eigenvalue weighted by Crippen LogP contribution is 2.23. The molecule has 0 heterocycles. The van der Waals surface area contributed by atoms with E-state index in [1.807, 2.05) is 13.0 Å². The highest BCUT2D eigenvalue weighted by Gasteiger charge is 2.16. The van der Waals surface area contributed by atoms with Crippen molar-refractivity contribution < 1.29 is 13.2 Å². The molecule has 0 bridgehead atoms. The predicted molar refractivity (Wildman–Crippen MR) is 79.5 cm³/mol. The number of nitrogen functional groups attached to an aromatic ring is 1. The number of aryl methyl sites for hydroxylation is 1. The lowest BCUT2D eigenvalue weighted by molar-refractivity contribution is 0.414. The van der Waals surface area contributed by atoms with E-state index in [1.165, 1.54) is 7.11 Å². The van der Waals surface area contributed by atoms with Crippen LogP contribution in [0.15, 0.2) is 47.4 Å². The summed E-state index contributed by atoms with van der Waals surface area (Å²) < 4.78 is 29.9. The minimum Gasteiger partial charge on any atom is -0.497 e. The molecular formula is C15H17NO3S. The van der Waals surface area contributed by atoms with Crippen LogP contribution >= 0.6 is 0 Å². The van der Waals surface area contributed by atoms with E-state index in [1.54, 1.807) is 36.4 Å². The van der Waals surface area contributed by atoms with Crippen LogP contribution in [0.1, 0.15) is 11.1 Å². The fraction of sp³-hybridized carbons (Fsp3) is 0.200. The van der Waals surface area contributed by atoms with Gasteiger partial charge in [0.1, 0.15) is 5.75 Å². The average Bonchev–Trinajstić information content (AvgIpc) is 2.37. The summed E-state index contributed by atoms with van der Waals surface area (Å²) in [5.41, 5.74) is 7.75. The molecule has 20 heavy (non-hydrogen) atoms. The Morgan fingerprint density at radius 2 is 1.90 bits per heavy atom. The van der Waals surface area contributed by atoms with Crippen LogP contribution in [0, 0.1) is 6.92 Å². The number of hydrogen-bond donors (Lipinski definition) is 1. The van der Waals surface area contributed by atoms with Crippen LogP contribution in [-0.4, -0.2) is 15.5 Å². The summed E-state index contributed by atoms with van der Waals surface area (Å²) in [4.78, 5) is 0.318. The molecule has 2 rings (SSSR count). The van der Waals surface area contributed by atoms with E-state index >= 15 is 0 Å². The molecule has 0 radical (unpaired) electrons. The van der Waals surface area contributed by atoms with E-state index in [9.17, 15) is 8.42 Å².